The van der Waals surface area contributed by atoms with Crippen LogP contribution in [0.1, 0.15) is 18.3 Å². The summed E-state index contributed by atoms with van der Waals surface area (Å²) < 4.78 is 68.0. The molecule has 0 aliphatic carbocycles. The van der Waals surface area contributed by atoms with Crippen molar-refractivity contribution >= 4 is 61.7 Å². The average molecular weight is 702 g/mol. The number of nitrogens with one attached hydrogen (secondary N) is 1. The van der Waals surface area contributed by atoms with E-state index in [1.54, 1.807) is 6.92 Å². The predicted octanol–water partition coefficient (Wildman–Crippen LogP) is -0.901. The first-order valence-corrected chi connectivity index (χ1v) is 17.1. The molecule has 0 aromatic carbocycles. The number of aliphatic hydroxyl groups excluding tert-OH is 1. The van der Waals surface area contributed by atoms with Crippen LogP contribution in [-0.2, 0) is 43.9 Å². The average Bonchev–Trinajstić information content (AvgIpc) is 3.75. The molecule has 46 heavy (non-hydrogen) atoms. The molecule has 7 heterocycles. The second kappa shape index (κ2) is 11.7. The molecule has 24 heteroatoms. The molecular formula is C22H28BFN9O10P2S-. The molecule has 0 saturated carbocycles. The summed E-state index contributed by atoms with van der Waals surface area (Å²) in [5.41, 5.74) is 5.98. The number of hydrogen-bond donors (Lipinski definition) is 4. The fraction of sp³-hybridized carbons (Fsp3) is 0.545. The van der Waals surface area contributed by atoms with Gasteiger partial charge >= 0.3 is 6.72 Å². The van der Waals surface area contributed by atoms with E-state index in [0.29, 0.717) is 5.82 Å². The minimum Gasteiger partial charge on any atom is -0.396 e. The van der Waals surface area contributed by atoms with Gasteiger partial charge in [0.2, 0.25) is 0 Å². The van der Waals surface area contributed by atoms with Crippen LogP contribution < -0.4 is 11.3 Å². The van der Waals surface area contributed by atoms with Crippen LogP contribution in [0.3, 0.4) is 0 Å². The van der Waals surface area contributed by atoms with Gasteiger partial charge in [-0.05, 0) is 18.7 Å². The van der Waals surface area contributed by atoms with E-state index in [4.69, 9.17) is 45.1 Å². The van der Waals surface area contributed by atoms with Gasteiger partial charge in [0.25, 0.3) is 5.56 Å². The normalized spacial score (nSPS) is 37.2. The first-order valence-electron chi connectivity index (χ1n) is 13.4. The number of ether oxygens (including phenoxy) is 2. The highest BCUT2D eigenvalue weighted by Crippen LogP contribution is 2.55. The van der Waals surface area contributed by atoms with E-state index in [9.17, 15) is 19.4 Å². The Morgan fingerprint density at radius 1 is 1.07 bits per heavy atom. The summed E-state index contributed by atoms with van der Waals surface area (Å²) in [4.78, 5) is 47.0. The Morgan fingerprint density at radius 2 is 1.76 bits per heavy atom. The van der Waals surface area contributed by atoms with Gasteiger partial charge in [-0.3, -0.25) is 13.9 Å². The van der Waals surface area contributed by atoms with Crippen LogP contribution in [0.4, 0.5) is 10.2 Å². The fourth-order valence-corrected chi connectivity index (χ4v) is 7.82. The lowest BCUT2D eigenvalue weighted by molar-refractivity contribution is -0.0586. The Morgan fingerprint density at radius 3 is 2.52 bits per heavy atom. The maximum Gasteiger partial charge on any atom is 0.325 e. The molecule has 5 N–H and O–H groups in total. The van der Waals surface area contributed by atoms with Crippen molar-refractivity contribution in [1.29, 1.82) is 0 Å². The van der Waals surface area contributed by atoms with E-state index in [-0.39, 0.29) is 34.8 Å². The van der Waals surface area contributed by atoms with Crippen LogP contribution in [0.15, 0.2) is 23.8 Å². The van der Waals surface area contributed by atoms with E-state index in [1.165, 1.54) is 28.1 Å². The van der Waals surface area contributed by atoms with Crippen molar-refractivity contribution in [3.63, 3.8) is 0 Å². The van der Waals surface area contributed by atoms with E-state index in [1.807, 2.05) is 0 Å². The van der Waals surface area contributed by atoms with Gasteiger partial charge < -0.3 is 52.9 Å². The van der Waals surface area contributed by atoms with Crippen molar-refractivity contribution in [2.45, 2.75) is 50.0 Å². The number of alkyl halides is 1. The van der Waals surface area contributed by atoms with Crippen LogP contribution >= 0.6 is 14.2 Å². The topological polar surface area (TPSA) is 246 Å². The van der Waals surface area contributed by atoms with Gasteiger partial charge in [-0.15, -0.1) is 0 Å². The van der Waals surface area contributed by atoms with Crippen molar-refractivity contribution in [3.05, 3.63) is 35.2 Å². The van der Waals surface area contributed by atoms with Crippen molar-refractivity contribution in [1.82, 2.24) is 39.0 Å². The maximum absolute atomic E-state index is 16.1. The third-order valence-corrected chi connectivity index (χ3v) is 10.0. The molecule has 3 aliphatic rings. The molecule has 3 fully saturated rings. The lowest BCUT2D eigenvalue weighted by atomic mass is 9.99. The monoisotopic (exact) mass is 702 g/mol. The minimum atomic E-state index is -4.18. The van der Waals surface area contributed by atoms with Gasteiger partial charge in [0.05, 0.1) is 46.1 Å². The molecule has 248 valence electrons. The van der Waals surface area contributed by atoms with Gasteiger partial charge in [-0.2, -0.15) is 0 Å². The molecule has 3 saturated heterocycles. The molecular weight excluding hydrogens is 674 g/mol. The second-order valence-corrected chi connectivity index (χ2v) is 14.1. The molecule has 4 aromatic rings. The number of aromatic amines is 1. The lowest BCUT2D eigenvalue weighted by Gasteiger charge is -2.29. The summed E-state index contributed by atoms with van der Waals surface area (Å²) in [7, 11) is -5.04. The summed E-state index contributed by atoms with van der Waals surface area (Å²) in [6.45, 7) is -4.00. The Balaban J connectivity index is 1.22. The van der Waals surface area contributed by atoms with E-state index >= 15 is 4.39 Å². The maximum atomic E-state index is 16.1. The number of hydrogen-bond acceptors (Lipinski definition) is 16. The number of aliphatic hydroxyl groups is 1. The van der Waals surface area contributed by atoms with Crippen LogP contribution in [0, 0.1) is 12.8 Å². The van der Waals surface area contributed by atoms with Crippen LogP contribution in [-0.4, -0.2) is 107 Å². The summed E-state index contributed by atoms with van der Waals surface area (Å²) in [5, 5.41) is 10.4. The van der Waals surface area contributed by atoms with E-state index < -0.39 is 89.5 Å². The molecule has 19 nitrogen and oxygen atoms in total. The SMILES string of the molecule is [BH3-][P@]1(=O)OCC2OC(n3cnc4c(=O)[nH]c(C)nc43)C(OP(O)(=S)OCC3OC(n4cnc5c(N)ncnc54)C(F)C3O1)C2CO. The number of rotatable bonds is 3. The number of aryl methyl sites for hydroxylation is 1. The number of H-pyrrole nitrogens is 1. The Labute approximate surface area is 263 Å². The number of nitrogens with zero attached hydrogens (tertiary/aromatic N) is 7. The smallest absolute Gasteiger partial charge is 0.325 e. The van der Waals surface area contributed by atoms with E-state index in [0.717, 1.165) is 0 Å². The standard InChI is InChI=1S/C22H28BFN9O10P2S/c1-8-30-19-14(20(35)31-8)29-7-33(19)22-15-9(2-34)10(40-22)3-38-44(23,36)42-16-11(4-39-45(37,46)43-15)41-21(12(16)24)32-6-28-13-17(25)26-5-27-18(13)32/h5-7,9-12,15-16,21-22,34H,2-4H2,1,23H3,(H,37,46)(H2,25,26,27)(H,30,31,35)/q-1/t9?,10?,11?,12?,15?,16?,21?,22?,44-,45?/m0/s1. The van der Waals surface area contributed by atoms with Gasteiger partial charge in [0, 0.05) is 5.92 Å². The zero-order chi connectivity index (χ0) is 32.5. The van der Waals surface area contributed by atoms with Crippen molar-refractivity contribution in [2.75, 3.05) is 25.6 Å². The largest absolute Gasteiger partial charge is 0.396 e. The van der Waals surface area contributed by atoms with Gasteiger partial charge in [-0.25, -0.2) is 29.3 Å². The lowest BCUT2D eigenvalue weighted by Crippen LogP contribution is -2.34. The summed E-state index contributed by atoms with van der Waals surface area (Å²) in [6.07, 6.45) is -5.49. The molecule has 0 spiro atoms. The molecule has 0 radical (unpaired) electrons. The Kier molecular flexibility index (Phi) is 8.13. The second-order valence-electron chi connectivity index (χ2n) is 10.4. The summed E-state index contributed by atoms with van der Waals surface area (Å²) in [6, 6.07) is 0. The number of nitrogen functional groups attached to an aromatic ring is 1. The zero-order valence-corrected chi connectivity index (χ0v) is 25.6. The van der Waals surface area contributed by atoms with Crippen LogP contribution in [0.25, 0.3) is 22.3 Å². The van der Waals surface area contributed by atoms with E-state index in [2.05, 4.69) is 29.9 Å². The number of imidazole rings is 2. The third-order valence-electron chi connectivity index (χ3n) is 7.67. The Hall–Kier alpha value is -2.75. The van der Waals surface area contributed by atoms with Crippen LogP contribution in [0.5, 0.6) is 0 Å². The fourth-order valence-electron chi connectivity index (χ4n) is 5.59. The highest BCUT2D eigenvalue weighted by molar-refractivity contribution is 8.07. The van der Waals surface area contributed by atoms with Crippen LogP contribution in [0.2, 0.25) is 0 Å². The van der Waals surface area contributed by atoms with Gasteiger partial charge in [0.15, 0.2) is 41.3 Å². The zero-order valence-electron chi connectivity index (χ0n) is 23.0. The van der Waals surface area contributed by atoms with Crippen molar-refractivity contribution < 1.29 is 46.5 Å². The summed E-state index contributed by atoms with van der Waals surface area (Å²) in [5.74, 6) is -0.501. The molecule has 3 aliphatic heterocycles. The molecule has 0 amide bonds. The number of halogens is 1. The molecule has 9 unspecified atom stereocenters. The number of anilines is 1. The summed E-state index contributed by atoms with van der Waals surface area (Å²) >= 11 is 5.34. The van der Waals surface area contributed by atoms with Crippen molar-refractivity contribution in [3.8, 4) is 0 Å². The molecule has 4 aromatic heterocycles. The number of aromatic nitrogens is 8. The quantitative estimate of drug-likeness (QED) is 0.149. The van der Waals surface area contributed by atoms with Crippen molar-refractivity contribution in [2.24, 2.45) is 5.92 Å². The minimum absolute atomic E-state index is 0.0177. The number of fused-ring (bicyclic) bond motifs is 5. The Bertz CT molecular complexity index is 1970. The predicted molar refractivity (Wildman–Crippen MR) is 162 cm³/mol. The van der Waals surface area contributed by atoms with Gasteiger partial charge in [-0.1, -0.05) is 0 Å². The first-order chi connectivity index (χ1) is 21.9. The highest BCUT2D eigenvalue weighted by Gasteiger charge is 2.52. The highest BCUT2D eigenvalue weighted by atomic mass is 32.5. The molecule has 7 rings (SSSR count). The first kappa shape index (κ1) is 31.8. The third kappa shape index (κ3) is 5.60. The van der Waals surface area contributed by atoms with Gasteiger partial charge in [0.1, 0.15) is 43.5 Å². The number of nitrogens with two attached hydrogens (primary N) is 1. The molecule has 10 atom stereocenters. The molecule has 2 bridgehead atoms.